The molecule has 0 atom stereocenters. The Hall–Kier alpha value is -1.64. The first-order chi connectivity index (χ1) is 6.31. The maximum Gasteiger partial charge on any atom is 0.132 e. The highest BCUT2D eigenvalue weighted by atomic mass is 19.1. The highest BCUT2D eigenvalue weighted by Crippen LogP contribution is 2.17. The second-order valence-electron chi connectivity index (χ2n) is 2.83. The number of aromatic amines is 1. The first-order valence-electron chi connectivity index (χ1n) is 4.06. The van der Waals surface area contributed by atoms with Gasteiger partial charge in [0.15, 0.2) is 0 Å². The summed E-state index contributed by atoms with van der Waals surface area (Å²) in [6.07, 6.45) is 5.23. The number of allylic oxidation sites excluding steroid dienone is 1. The van der Waals surface area contributed by atoms with Crippen molar-refractivity contribution in [3.63, 3.8) is 0 Å². The van der Waals surface area contributed by atoms with Gasteiger partial charge in [0.05, 0.1) is 11.7 Å². The average molecular weight is 176 g/mol. The summed E-state index contributed by atoms with van der Waals surface area (Å²) >= 11 is 0. The second kappa shape index (κ2) is 3.01. The minimum absolute atomic E-state index is 0.227. The molecule has 0 aliphatic rings. The van der Waals surface area contributed by atoms with Crippen LogP contribution < -0.4 is 0 Å². The van der Waals surface area contributed by atoms with E-state index in [-0.39, 0.29) is 5.82 Å². The molecular formula is C10H9FN2. The van der Waals surface area contributed by atoms with E-state index < -0.39 is 0 Å². The van der Waals surface area contributed by atoms with Crippen LogP contribution in [0.5, 0.6) is 0 Å². The number of benzene rings is 1. The zero-order chi connectivity index (χ0) is 9.26. The van der Waals surface area contributed by atoms with Gasteiger partial charge in [-0.05, 0) is 13.0 Å². The van der Waals surface area contributed by atoms with Crippen molar-refractivity contribution in [3.8, 4) is 0 Å². The van der Waals surface area contributed by atoms with Gasteiger partial charge in [-0.2, -0.15) is 5.10 Å². The van der Waals surface area contributed by atoms with Crippen molar-refractivity contribution in [2.75, 3.05) is 0 Å². The summed E-state index contributed by atoms with van der Waals surface area (Å²) in [4.78, 5) is 0. The lowest BCUT2D eigenvalue weighted by molar-refractivity contribution is 0.626. The Morgan fingerprint density at radius 3 is 3.08 bits per heavy atom. The van der Waals surface area contributed by atoms with Crippen LogP contribution in [0.2, 0.25) is 0 Å². The summed E-state index contributed by atoms with van der Waals surface area (Å²) < 4.78 is 13.3. The number of aromatic nitrogens is 2. The van der Waals surface area contributed by atoms with Crippen molar-refractivity contribution >= 4 is 17.0 Å². The first-order valence-corrected chi connectivity index (χ1v) is 4.06. The van der Waals surface area contributed by atoms with Crippen molar-refractivity contribution in [2.24, 2.45) is 0 Å². The topological polar surface area (TPSA) is 28.7 Å². The molecule has 0 saturated carbocycles. The third-order valence-corrected chi connectivity index (χ3v) is 1.90. The van der Waals surface area contributed by atoms with E-state index in [0.717, 1.165) is 10.9 Å². The molecule has 0 amide bonds. The lowest BCUT2D eigenvalue weighted by Gasteiger charge is -1.96. The Morgan fingerprint density at radius 1 is 1.46 bits per heavy atom. The molecular weight excluding hydrogens is 167 g/mol. The van der Waals surface area contributed by atoms with E-state index >= 15 is 0 Å². The quantitative estimate of drug-likeness (QED) is 0.711. The Bertz CT molecular complexity index is 457. The summed E-state index contributed by atoms with van der Waals surface area (Å²) in [6, 6.07) is 3.23. The number of nitrogens with one attached hydrogen (secondary N) is 1. The van der Waals surface area contributed by atoms with Crippen molar-refractivity contribution in [1.29, 1.82) is 0 Å². The van der Waals surface area contributed by atoms with Crippen LogP contribution in [-0.2, 0) is 0 Å². The SMILES string of the molecule is C/C=C\c1cc2cn[nH]c2cc1F. The van der Waals surface area contributed by atoms with Gasteiger partial charge >= 0.3 is 0 Å². The summed E-state index contributed by atoms with van der Waals surface area (Å²) in [5.74, 6) is -0.227. The fourth-order valence-corrected chi connectivity index (χ4v) is 1.29. The maximum absolute atomic E-state index is 13.3. The number of nitrogens with zero attached hydrogens (tertiary/aromatic N) is 1. The normalized spacial score (nSPS) is 11.5. The van der Waals surface area contributed by atoms with Crippen LogP contribution in [0.3, 0.4) is 0 Å². The van der Waals surface area contributed by atoms with Gasteiger partial charge in [0.25, 0.3) is 0 Å². The molecule has 66 valence electrons. The van der Waals surface area contributed by atoms with E-state index in [1.165, 1.54) is 6.07 Å². The fraction of sp³-hybridized carbons (Fsp3) is 0.100. The molecule has 1 aromatic carbocycles. The molecule has 0 aliphatic heterocycles. The molecule has 2 nitrogen and oxygen atoms in total. The van der Waals surface area contributed by atoms with E-state index in [1.54, 1.807) is 18.3 Å². The van der Waals surface area contributed by atoms with Crippen molar-refractivity contribution in [3.05, 3.63) is 35.8 Å². The van der Waals surface area contributed by atoms with E-state index in [9.17, 15) is 4.39 Å². The first kappa shape index (κ1) is 7.98. The smallest absolute Gasteiger partial charge is 0.132 e. The average Bonchev–Trinajstić information content (AvgIpc) is 2.52. The fourth-order valence-electron chi connectivity index (χ4n) is 1.29. The molecule has 1 heterocycles. The highest BCUT2D eigenvalue weighted by molar-refractivity contribution is 5.80. The van der Waals surface area contributed by atoms with Crippen LogP contribution >= 0.6 is 0 Å². The Balaban J connectivity index is 2.69. The number of halogens is 1. The predicted octanol–water partition coefficient (Wildman–Crippen LogP) is 2.74. The molecule has 0 bridgehead atoms. The molecule has 0 spiro atoms. The van der Waals surface area contributed by atoms with E-state index in [1.807, 2.05) is 13.0 Å². The van der Waals surface area contributed by atoms with Gasteiger partial charge in [-0.25, -0.2) is 4.39 Å². The van der Waals surface area contributed by atoms with Crippen molar-refractivity contribution < 1.29 is 4.39 Å². The van der Waals surface area contributed by atoms with Gasteiger partial charge in [0, 0.05) is 17.0 Å². The zero-order valence-corrected chi connectivity index (χ0v) is 7.21. The van der Waals surface area contributed by atoms with Crippen LogP contribution in [0, 0.1) is 5.82 Å². The van der Waals surface area contributed by atoms with Gasteiger partial charge in [-0.1, -0.05) is 12.2 Å². The zero-order valence-electron chi connectivity index (χ0n) is 7.21. The number of hydrogen-bond donors (Lipinski definition) is 1. The van der Waals surface area contributed by atoms with Gasteiger partial charge in [-0.3, -0.25) is 5.10 Å². The van der Waals surface area contributed by atoms with E-state index in [2.05, 4.69) is 10.2 Å². The third-order valence-electron chi connectivity index (χ3n) is 1.90. The Labute approximate surface area is 75.1 Å². The number of rotatable bonds is 1. The number of fused-ring (bicyclic) bond motifs is 1. The molecule has 0 radical (unpaired) electrons. The van der Waals surface area contributed by atoms with Gasteiger partial charge in [0.1, 0.15) is 5.82 Å². The lowest BCUT2D eigenvalue weighted by Crippen LogP contribution is -1.81. The minimum Gasteiger partial charge on any atom is -0.278 e. The minimum atomic E-state index is -0.227. The summed E-state index contributed by atoms with van der Waals surface area (Å²) in [5, 5.41) is 7.47. The van der Waals surface area contributed by atoms with Crippen LogP contribution in [0.25, 0.3) is 17.0 Å². The highest BCUT2D eigenvalue weighted by Gasteiger charge is 2.02. The van der Waals surface area contributed by atoms with Crippen LogP contribution in [0.4, 0.5) is 4.39 Å². The largest absolute Gasteiger partial charge is 0.278 e. The molecule has 2 aromatic rings. The number of H-pyrrole nitrogens is 1. The van der Waals surface area contributed by atoms with Gasteiger partial charge in [0.2, 0.25) is 0 Å². The summed E-state index contributed by atoms with van der Waals surface area (Å²) in [5.41, 5.74) is 1.32. The van der Waals surface area contributed by atoms with Crippen molar-refractivity contribution in [1.82, 2.24) is 10.2 Å². The monoisotopic (exact) mass is 176 g/mol. The molecule has 13 heavy (non-hydrogen) atoms. The van der Waals surface area contributed by atoms with Gasteiger partial charge < -0.3 is 0 Å². The molecule has 1 aromatic heterocycles. The van der Waals surface area contributed by atoms with E-state index in [0.29, 0.717) is 5.56 Å². The summed E-state index contributed by atoms with van der Waals surface area (Å²) in [6.45, 7) is 1.86. The van der Waals surface area contributed by atoms with E-state index in [4.69, 9.17) is 0 Å². The number of hydrogen-bond acceptors (Lipinski definition) is 1. The third kappa shape index (κ3) is 1.33. The van der Waals surface area contributed by atoms with Crippen LogP contribution in [0.15, 0.2) is 24.4 Å². The standard InChI is InChI=1S/C10H9FN2/c1-2-3-7-4-8-6-12-13-10(8)5-9(7)11/h2-6H,1H3,(H,12,13)/b3-2-. The summed E-state index contributed by atoms with van der Waals surface area (Å²) in [7, 11) is 0. The van der Waals surface area contributed by atoms with Crippen LogP contribution in [-0.4, -0.2) is 10.2 Å². The predicted molar refractivity (Wildman–Crippen MR) is 50.8 cm³/mol. The Kier molecular flexibility index (Phi) is 1.85. The maximum atomic E-state index is 13.3. The van der Waals surface area contributed by atoms with Gasteiger partial charge in [-0.15, -0.1) is 0 Å². The lowest BCUT2D eigenvalue weighted by atomic mass is 10.1. The second-order valence-corrected chi connectivity index (χ2v) is 2.83. The molecule has 0 saturated heterocycles. The molecule has 3 heteroatoms. The molecule has 0 unspecified atom stereocenters. The molecule has 2 rings (SSSR count). The van der Waals surface area contributed by atoms with Crippen molar-refractivity contribution in [2.45, 2.75) is 6.92 Å². The molecule has 0 aliphatic carbocycles. The molecule has 1 N–H and O–H groups in total. The Morgan fingerprint density at radius 2 is 2.31 bits per heavy atom. The van der Waals surface area contributed by atoms with Crippen LogP contribution in [0.1, 0.15) is 12.5 Å². The molecule has 0 fully saturated rings.